The van der Waals surface area contributed by atoms with Gasteiger partial charge in [0.25, 0.3) is 0 Å². The first-order valence-electron chi connectivity index (χ1n) is 7.54. The maximum absolute atomic E-state index is 15.0. The zero-order chi connectivity index (χ0) is 17.7. The van der Waals surface area contributed by atoms with Crippen LogP contribution in [0.1, 0.15) is 30.9 Å². The summed E-state index contributed by atoms with van der Waals surface area (Å²) < 4.78 is 30.0. The largest absolute Gasteiger partial charge is 0.478 e. The third-order valence-corrected chi connectivity index (χ3v) is 3.98. The smallest absolute Gasteiger partial charge is 0.336 e. The molecule has 1 aliphatic carbocycles. The van der Waals surface area contributed by atoms with Gasteiger partial charge in [0.1, 0.15) is 0 Å². The van der Waals surface area contributed by atoms with Crippen molar-refractivity contribution in [2.45, 2.75) is 31.6 Å². The van der Waals surface area contributed by atoms with Gasteiger partial charge in [-0.2, -0.15) is 5.26 Å². The predicted octanol–water partition coefficient (Wildman–Crippen LogP) is 4.37. The van der Waals surface area contributed by atoms with Crippen molar-refractivity contribution in [1.82, 2.24) is 0 Å². The molecule has 0 radical (unpaired) electrons. The van der Waals surface area contributed by atoms with E-state index >= 15 is 4.39 Å². The van der Waals surface area contributed by atoms with Crippen LogP contribution in [0, 0.1) is 11.3 Å². The Morgan fingerprint density at radius 1 is 1.42 bits per heavy atom. The van der Waals surface area contributed by atoms with Crippen molar-refractivity contribution in [2.75, 3.05) is 0 Å². The number of carboxylic acid groups (broad SMARTS) is 1. The molecule has 1 aromatic rings. The predicted molar refractivity (Wildman–Crippen MR) is 87.6 cm³/mol. The number of alkyl halides is 2. The van der Waals surface area contributed by atoms with Crippen molar-refractivity contribution in [1.29, 1.82) is 5.26 Å². The molecule has 0 amide bonds. The van der Waals surface area contributed by atoms with E-state index in [0.717, 1.165) is 12.2 Å². The quantitative estimate of drug-likeness (QED) is 0.816. The summed E-state index contributed by atoms with van der Waals surface area (Å²) in [7, 11) is 0. The van der Waals surface area contributed by atoms with E-state index in [-0.39, 0.29) is 23.1 Å². The summed E-state index contributed by atoms with van der Waals surface area (Å²) in [6.45, 7) is 1.79. The van der Waals surface area contributed by atoms with Crippen molar-refractivity contribution in [2.24, 2.45) is 0 Å². The Balaban J connectivity index is 2.47. The molecule has 1 aliphatic rings. The lowest BCUT2D eigenvalue weighted by atomic mass is 9.79. The van der Waals surface area contributed by atoms with Crippen LogP contribution in [0.2, 0.25) is 0 Å². The van der Waals surface area contributed by atoms with Crippen LogP contribution in [-0.4, -0.2) is 22.9 Å². The molecule has 1 N–H and O–H groups in total. The minimum absolute atomic E-state index is 0.0817. The van der Waals surface area contributed by atoms with Gasteiger partial charge in [-0.15, -0.1) is 0 Å². The van der Waals surface area contributed by atoms with Crippen molar-refractivity contribution >= 4 is 11.5 Å². The first-order chi connectivity index (χ1) is 11.4. The number of carboxylic acids is 1. The van der Waals surface area contributed by atoms with Gasteiger partial charge in [0, 0.05) is 5.57 Å². The van der Waals surface area contributed by atoms with E-state index in [1.165, 1.54) is 24.3 Å². The highest BCUT2D eigenvalue weighted by Crippen LogP contribution is 2.41. The Kier molecular flexibility index (Phi) is 5.30. The Labute approximate surface area is 139 Å². The second-order valence-corrected chi connectivity index (χ2v) is 5.55. The Morgan fingerprint density at radius 2 is 2.08 bits per heavy atom. The molecule has 5 heteroatoms. The average molecular weight is 329 g/mol. The molecule has 1 aromatic carbocycles. The lowest BCUT2D eigenvalue weighted by Gasteiger charge is -2.31. The number of hydrogen-bond acceptors (Lipinski definition) is 2. The maximum atomic E-state index is 15.0. The van der Waals surface area contributed by atoms with Crippen LogP contribution in [-0.2, 0) is 4.79 Å². The van der Waals surface area contributed by atoms with Gasteiger partial charge in [-0.05, 0) is 49.6 Å². The third-order valence-electron chi connectivity index (χ3n) is 3.98. The number of hydrogen-bond donors (Lipinski definition) is 1. The third kappa shape index (κ3) is 3.43. The van der Waals surface area contributed by atoms with Crippen LogP contribution in [0.25, 0.3) is 5.57 Å². The summed E-state index contributed by atoms with van der Waals surface area (Å²) in [6, 6.07) is 7.71. The Hall–Kier alpha value is -2.74. The lowest BCUT2D eigenvalue weighted by Crippen LogP contribution is -2.37. The van der Waals surface area contributed by atoms with Crippen LogP contribution in [0.3, 0.4) is 0 Å². The molecule has 3 nitrogen and oxygen atoms in total. The number of rotatable bonds is 5. The lowest BCUT2D eigenvalue weighted by molar-refractivity contribution is -0.132. The number of carbonyl (C=O) groups is 1. The van der Waals surface area contributed by atoms with E-state index in [4.69, 9.17) is 5.26 Å². The molecule has 0 saturated carbocycles. The topological polar surface area (TPSA) is 61.1 Å². The first kappa shape index (κ1) is 17.6. The van der Waals surface area contributed by atoms with Gasteiger partial charge >= 0.3 is 5.97 Å². The maximum Gasteiger partial charge on any atom is 0.336 e. The molecule has 0 fully saturated rings. The number of allylic oxidation sites excluding steroid dienone is 4. The van der Waals surface area contributed by atoms with Crippen molar-refractivity contribution in [3.05, 3.63) is 65.3 Å². The SMILES string of the molecule is CC=CCCC1(F)C=CC(C(=O)O)=C(c2ccc(C#N)cc2)C1F. The number of nitrogens with zero attached hydrogens (tertiary/aromatic N) is 1. The fourth-order valence-electron chi connectivity index (χ4n) is 2.67. The van der Waals surface area contributed by atoms with Gasteiger partial charge in [-0.1, -0.05) is 24.3 Å². The second kappa shape index (κ2) is 7.22. The summed E-state index contributed by atoms with van der Waals surface area (Å²) in [6.07, 6.45) is 3.79. The number of aliphatic carboxylic acids is 1. The molecule has 0 bridgehead atoms. The highest BCUT2D eigenvalue weighted by atomic mass is 19.2. The molecule has 0 aromatic heterocycles. The molecule has 0 saturated heterocycles. The molecule has 2 rings (SSSR count). The fourth-order valence-corrected chi connectivity index (χ4v) is 2.67. The number of benzene rings is 1. The minimum atomic E-state index is -2.26. The van der Waals surface area contributed by atoms with Crippen LogP contribution < -0.4 is 0 Å². The summed E-state index contributed by atoms with van der Waals surface area (Å²) in [4.78, 5) is 11.4. The molecule has 0 heterocycles. The van der Waals surface area contributed by atoms with Gasteiger partial charge in [0.05, 0.1) is 17.2 Å². The molecule has 2 atom stereocenters. The summed E-state index contributed by atoms with van der Waals surface area (Å²) in [5.74, 6) is -1.32. The van der Waals surface area contributed by atoms with E-state index in [9.17, 15) is 14.3 Å². The first-order valence-corrected chi connectivity index (χ1v) is 7.54. The van der Waals surface area contributed by atoms with Crippen LogP contribution in [0.4, 0.5) is 8.78 Å². The Bertz CT molecular complexity index is 757. The van der Waals surface area contributed by atoms with Gasteiger partial charge in [0.15, 0.2) is 11.8 Å². The number of halogens is 2. The monoisotopic (exact) mass is 329 g/mol. The second-order valence-electron chi connectivity index (χ2n) is 5.55. The minimum Gasteiger partial charge on any atom is -0.478 e. The van der Waals surface area contributed by atoms with Gasteiger partial charge in [0.2, 0.25) is 0 Å². The van der Waals surface area contributed by atoms with Crippen LogP contribution in [0.15, 0.2) is 54.1 Å². The highest BCUT2D eigenvalue weighted by molar-refractivity contribution is 6.01. The molecule has 2 unspecified atom stereocenters. The van der Waals surface area contributed by atoms with Crippen LogP contribution in [0.5, 0.6) is 0 Å². The Morgan fingerprint density at radius 3 is 2.62 bits per heavy atom. The molecule has 24 heavy (non-hydrogen) atoms. The van der Waals surface area contributed by atoms with E-state index in [1.54, 1.807) is 19.1 Å². The zero-order valence-corrected chi connectivity index (χ0v) is 13.2. The summed E-state index contributed by atoms with van der Waals surface area (Å²) >= 11 is 0. The van der Waals surface area contributed by atoms with Gasteiger partial charge in [-0.25, -0.2) is 13.6 Å². The van der Waals surface area contributed by atoms with Crippen molar-refractivity contribution in [3.8, 4) is 6.07 Å². The normalized spacial score (nSPS) is 23.5. The van der Waals surface area contributed by atoms with E-state index in [0.29, 0.717) is 12.0 Å². The van der Waals surface area contributed by atoms with Crippen molar-refractivity contribution < 1.29 is 18.7 Å². The summed E-state index contributed by atoms with van der Waals surface area (Å²) in [5.41, 5.74) is -2.11. The summed E-state index contributed by atoms with van der Waals surface area (Å²) in [5, 5.41) is 18.1. The molecular weight excluding hydrogens is 312 g/mol. The molecule has 124 valence electrons. The highest BCUT2D eigenvalue weighted by Gasteiger charge is 2.43. The van der Waals surface area contributed by atoms with Gasteiger partial charge in [-0.3, -0.25) is 0 Å². The molecular formula is C19H17F2NO2. The molecule has 0 aliphatic heterocycles. The van der Waals surface area contributed by atoms with E-state index in [2.05, 4.69) is 0 Å². The molecule has 0 spiro atoms. The average Bonchev–Trinajstić information content (AvgIpc) is 2.57. The fraction of sp³-hybridized carbons (Fsp3) is 0.263. The van der Waals surface area contributed by atoms with Gasteiger partial charge < -0.3 is 5.11 Å². The standard InChI is InChI=1S/C19H17F2NO2/c1-2-3-4-10-19(21)11-9-15(18(23)24)16(17(19)20)14-7-5-13(12-22)6-8-14/h2-3,5-9,11,17H,4,10H2,1H3,(H,23,24). The van der Waals surface area contributed by atoms with E-state index in [1.807, 2.05) is 6.07 Å². The van der Waals surface area contributed by atoms with E-state index < -0.39 is 17.8 Å². The number of nitriles is 1. The zero-order valence-electron chi connectivity index (χ0n) is 13.2. The van der Waals surface area contributed by atoms with Crippen LogP contribution >= 0.6 is 0 Å². The van der Waals surface area contributed by atoms with Crippen molar-refractivity contribution in [3.63, 3.8) is 0 Å².